The van der Waals surface area contributed by atoms with Gasteiger partial charge in [-0.15, -0.1) is 0 Å². The van der Waals surface area contributed by atoms with E-state index in [1.54, 1.807) is 25.1 Å². The van der Waals surface area contributed by atoms with Crippen molar-refractivity contribution >= 4 is 11.9 Å². The summed E-state index contributed by atoms with van der Waals surface area (Å²) in [5, 5.41) is 9.40. The molecule has 0 fully saturated rings. The number of aromatic nitrogens is 3. The molecule has 3 aromatic rings. The third-order valence-corrected chi connectivity index (χ3v) is 3.39. The number of carboxylic acids is 1. The number of anilines is 1. The third-order valence-electron chi connectivity index (χ3n) is 3.39. The first-order valence-electron chi connectivity index (χ1n) is 6.77. The summed E-state index contributed by atoms with van der Waals surface area (Å²) < 4.78 is 14.1. The second-order valence-corrected chi connectivity index (χ2v) is 5.06. The zero-order valence-corrected chi connectivity index (χ0v) is 12.2. The van der Waals surface area contributed by atoms with Crippen LogP contribution in [0.3, 0.4) is 0 Å². The van der Waals surface area contributed by atoms with Crippen LogP contribution in [0.25, 0.3) is 22.6 Å². The number of aryl methyl sites for hydroxylation is 1. The molecule has 0 saturated heterocycles. The standard InChI is InChI=1S/C16H13FN4O2/c1-8-2-3-11(17)9(6-8)14-10(15(22)23)7-13(20-14)12-4-5-19-16(18)21-12/h2-7,20H,1H3,(H,22,23)(H2,18,19,21). The summed E-state index contributed by atoms with van der Waals surface area (Å²) in [5.41, 5.74) is 7.55. The van der Waals surface area contributed by atoms with Crippen LogP contribution in [0.1, 0.15) is 15.9 Å². The molecule has 23 heavy (non-hydrogen) atoms. The van der Waals surface area contributed by atoms with E-state index in [1.165, 1.54) is 18.3 Å². The van der Waals surface area contributed by atoms with E-state index in [4.69, 9.17) is 5.73 Å². The van der Waals surface area contributed by atoms with E-state index >= 15 is 0 Å². The van der Waals surface area contributed by atoms with Gasteiger partial charge in [-0.05, 0) is 31.2 Å². The molecule has 2 heterocycles. The van der Waals surface area contributed by atoms with Crippen LogP contribution in [0.2, 0.25) is 0 Å². The number of aromatic carboxylic acids is 1. The summed E-state index contributed by atoms with van der Waals surface area (Å²) in [5.74, 6) is -1.60. The molecule has 0 saturated carbocycles. The smallest absolute Gasteiger partial charge is 0.337 e. The minimum Gasteiger partial charge on any atom is -0.478 e. The molecule has 0 atom stereocenters. The summed E-state index contributed by atoms with van der Waals surface area (Å²) in [6.45, 7) is 1.80. The lowest BCUT2D eigenvalue weighted by molar-refractivity contribution is 0.0698. The Kier molecular flexibility index (Phi) is 3.53. The Balaban J connectivity index is 2.21. The van der Waals surface area contributed by atoms with Crippen molar-refractivity contribution < 1.29 is 14.3 Å². The van der Waals surface area contributed by atoms with Crippen LogP contribution in [0.5, 0.6) is 0 Å². The van der Waals surface area contributed by atoms with Gasteiger partial charge in [0.1, 0.15) is 5.82 Å². The number of nitrogens with one attached hydrogen (secondary N) is 1. The van der Waals surface area contributed by atoms with Crippen molar-refractivity contribution in [3.63, 3.8) is 0 Å². The second-order valence-electron chi connectivity index (χ2n) is 5.06. The average Bonchev–Trinajstić information content (AvgIpc) is 2.95. The molecule has 0 aliphatic heterocycles. The van der Waals surface area contributed by atoms with E-state index in [9.17, 15) is 14.3 Å². The zero-order valence-electron chi connectivity index (χ0n) is 12.2. The Bertz CT molecular complexity index is 905. The number of carbonyl (C=O) groups is 1. The van der Waals surface area contributed by atoms with Gasteiger partial charge >= 0.3 is 5.97 Å². The monoisotopic (exact) mass is 312 g/mol. The molecule has 2 aromatic heterocycles. The van der Waals surface area contributed by atoms with Crippen molar-refractivity contribution in [3.8, 4) is 22.6 Å². The Morgan fingerprint density at radius 3 is 2.78 bits per heavy atom. The molecular weight excluding hydrogens is 299 g/mol. The van der Waals surface area contributed by atoms with E-state index < -0.39 is 11.8 Å². The molecule has 116 valence electrons. The van der Waals surface area contributed by atoms with Gasteiger partial charge in [0.15, 0.2) is 0 Å². The highest BCUT2D eigenvalue weighted by Crippen LogP contribution is 2.30. The number of H-pyrrole nitrogens is 1. The minimum absolute atomic E-state index is 0.0401. The first-order valence-corrected chi connectivity index (χ1v) is 6.77. The zero-order chi connectivity index (χ0) is 16.6. The van der Waals surface area contributed by atoms with Gasteiger partial charge in [0.2, 0.25) is 5.95 Å². The second kappa shape index (κ2) is 5.53. The summed E-state index contributed by atoms with van der Waals surface area (Å²) in [6, 6.07) is 7.50. The maximum Gasteiger partial charge on any atom is 0.337 e. The lowest BCUT2D eigenvalue weighted by atomic mass is 10.0. The van der Waals surface area contributed by atoms with Crippen LogP contribution in [-0.2, 0) is 0 Å². The van der Waals surface area contributed by atoms with E-state index in [0.717, 1.165) is 5.56 Å². The van der Waals surface area contributed by atoms with Crippen LogP contribution in [0.4, 0.5) is 10.3 Å². The normalized spacial score (nSPS) is 10.7. The van der Waals surface area contributed by atoms with Crippen molar-refractivity contribution in [2.75, 3.05) is 5.73 Å². The fourth-order valence-corrected chi connectivity index (χ4v) is 2.33. The Hall–Kier alpha value is -3.22. The van der Waals surface area contributed by atoms with Crippen LogP contribution in [-0.4, -0.2) is 26.0 Å². The van der Waals surface area contributed by atoms with Crippen LogP contribution < -0.4 is 5.73 Å². The summed E-state index contributed by atoms with van der Waals surface area (Å²) in [7, 11) is 0. The third kappa shape index (κ3) is 2.76. The first kappa shape index (κ1) is 14.7. The van der Waals surface area contributed by atoms with E-state index in [1.807, 2.05) is 0 Å². The largest absolute Gasteiger partial charge is 0.478 e. The number of benzene rings is 1. The highest BCUT2D eigenvalue weighted by atomic mass is 19.1. The highest BCUT2D eigenvalue weighted by Gasteiger charge is 2.20. The van der Waals surface area contributed by atoms with Gasteiger partial charge in [0.25, 0.3) is 0 Å². The molecule has 0 unspecified atom stereocenters. The molecule has 0 aliphatic carbocycles. The van der Waals surface area contributed by atoms with Crippen molar-refractivity contribution in [1.82, 2.24) is 15.0 Å². The summed E-state index contributed by atoms with van der Waals surface area (Å²) in [6.07, 6.45) is 1.46. The molecule has 4 N–H and O–H groups in total. The number of rotatable bonds is 3. The molecule has 0 aliphatic rings. The molecule has 6 nitrogen and oxygen atoms in total. The number of nitrogens with two attached hydrogens (primary N) is 1. The fourth-order valence-electron chi connectivity index (χ4n) is 2.33. The molecule has 0 amide bonds. The Morgan fingerprint density at radius 1 is 1.30 bits per heavy atom. The Labute approximate surface area is 130 Å². The molecular formula is C16H13FN4O2. The van der Waals surface area contributed by atoms with E-state index in [0.29, 0.717) is 11.4 Å². The summed E-state index contributed by atoms with van der Waals surface area (Å²) in [4.78, 5) is 22.3. The lowest BCUT2D eigenvalue weighted by Crippen LogP contribution is -1.98. The van der Waals surface area contributed by atoms with Crippen molar-refractivity contribution in [3.05, 3.63) is 53.5 Å². The number of nitrogens with zero attached hydrogens (tertiary/aromatic N) is 2. The molecule has 1 aromatic carbocycles. The van der Waals surface area contributed by atoms with E-state index in [2.05, 4.69) is 15.0 Å². The van der Waals surface area contributed by atoms with Crippen molar-refractivity contribution in [1.29, 1.82) is 0 Å². The average molecular weight is 312 g/mol. The number of hydrogen-bond donors (Lipinski definition) is 3. The lowest BCUT2D eigenvalue weighted by Gasteiger charge is -2.04. The van der Waals surface area contributed by atoms with E-state index in [-0.39, 0.29) is 22.8 Å². The number of hydrogen-bond acceptors (Lipinski definition) is 4. The molecule has 7 heteroatoms. The van der Waals surface area contributed by atoms with Gasteiger partial charge in [-0.1, -0.05) is 11.6 Å². The SMILES string of the molecule is Cc1ccc(F)c(-c2[nH]c(-c3ccnc(N)n3)cc2C(=O)O)c1. The number of aromatic amines is 1. The van der Waals surface area contributed by atoms with Crippen molar-refractivity contribution in [2.45, 2.75) is 6.92 Å². The molecule has 0 radical (unpaired) electrons. The molecule has 0 spiro atoms. The van der Waals surface area contributed by atoms with Gasteiger partial charge in [-0.25, -0.2) is 19.2 Å². The van der Waals surface area contributed by atoms with Gasteiger partial charge in [-0.2, -0.15) is 0 Å². The number of carboxylic acid groups (broad SMARTS) is 1. The minimum atomic E-state index is -1.16. The quantitative estimate of drug-likeness (QED) is 0.689. The van der Waals surface area contributed by atoms with Gasteiger partial charge in [0.05, 0.1) is 22.6 Å². The van der Waals surface area contributed by atoms with Gasteiger partial charge < -0.3 is 15.8 Å². The van der Waals surface area contributed by atoms with Gasteiger partial charge in [-0.3, -0.25) is 0 Å². The van der Waals surface area contributed by atoms with Crippen LogP contribution in [0, 0.1) is 12.7 Å². The Morgan fingerprint density at radius 2 is 2.09 bits per heavy atom. The molecule has 3 rings (SSSR count). The highest BCUT2D eigenvalue weighted by molar-refractivity contribution is 5.97. The van der Waals surface area contributed by atoms with Crippen molar-refractivity contribution in [2.24, 2.45) is 0 Å². The summed E-state index contributed by atoms with van der Waals surface area (Å²) >= 11 is 0. The number of halogens is 1. The predicted molar refractivity (Wildman–Crippen MR) is 83.3 cm³/mol. The fraction of sp³-hybridized carbons (Fsp3) is 0.0625. The number of nitrogen functional groups attached to an aromatic ring is 1. The van der Waals surface area contributed by atoms with Crippen LogP contribution in [0.15, 0.2) is 36.5 Å². The first-order chi connectivity index (χ1) is 11.0. The molecule has 0 bridgehead atoms. The van der Waals surface area contributed by atoms with Gasteiger partial charge in [0, 0.05) is 11.8 Å². The maximum absolute atomic E-state index is 14.1. The predicted octanol–water partition coefficient (Wildman–Crippen LogP) is 2.87. The van der Waals surface area contributed by atoms with Crippen LogP contribution >= 0.6 is 0 Å². The maximum atomic E-state index is 14.1. The topological polar surface area (TPSA) is 105 Å².